The van der Waals surface area contributed by atoms with Crippen molar-refractivity contribution in [2.45, 2.75) is 19.8 Å². The Bertz CT molecular complexity index is 393. The van der Waals surface area contributed by atoms with Gasteiger partial charge in [-0.2, -0.15) is 5.26 Å². The average molecular weight is 232 g/mol. The summed E-state index contributed by atoms with van der Waals surface area (Å²) in [5, 5.41) is 12.1. The van der Waals surface area contributed by atoms with Gasteiger partial charge in [0.05, 0.1) is 11.6 Å². The standard InChI is InChI=1S/C13H20N4/c1-11-8-12(10-14)9-13(16-11)15-6-4-5-7-17(2)3/h8-9H,4-7H2,1-3H3,(H,15,16). The zero-order valence-electron chi connectivity index (χ0n) is 10.8. The van der Waals surface area contributed by atoms with Crippen molar-refractivity contribution < 1.29 is 0 Å². The number of aryl methyl sites for hydroxylation is 1. The summed E-state index contributed by atoms with van der Waals surface area (Å²) in [7, 11) is 4.16. The molecule has 0 spiro atoms. The Labute approximate surface area is 103 Å². The number of anilines is 1. The summed E-state index contributed by atoms with van der Waals surface area (Å²) in [5.41, 5.74) is 1.54. The number of pyridine rings is 1. The number of aromatic nitrogens is 1. The van der Waals surface area contributed by atoms with Crippen LogP contribution in [0.15, 0.2) is 12.1 Å². The van der Waals surface area contributed by atoms with E-state index < -0.39 is 0 Å². The minimum Gasteiger partial charge on any atom is -0.370 e. The Kier molecular flexibility index (Phi) is 5.44. The van der Waals surface area contributed by atoms with Gasteiger partial charge >= 0.3 is 0 Å². The van der Waals surface area contributed by atoms with E-state index in [1.54, 1.807) is 12.1 Å². The molecule has 0 bridgehead atoms. The van der Waals surface area contributed by atoms with Crippen molar-refractivity contribution in [3.05, 3.63) is 23.4 Å². The molecule has 4 heteroatoms. The van der Waals surface area contributed by atoms with E-state index in [0.29, 0.717) is 5.56 Å². The molecular weight excluding hydrogens is 212 g/mol. The fourth-order valence-electron chi connectivity index (χ4n) is 1.59. The second kappa shape index (κ2) is 6.87. The summed E-state index contributed by atoms with van der Waals surface area (Å²) in [4.78, 5) is 6.52. The molecule has 0 saturated heterocycles. The first-order valence-electron chi connectivity index (χ1n) is 5.89. The Morgan fingerprint density at radius 2 is 2.12 bits per heavy atom. The predicted molar refractivity (Wildman–Crippen MR) is 70.0 cm³/mol. The van der Waals surface area contributed by atoms with Crippen LogP contribution >= 0.6 is 0 Å². The van der Waals surface area contributed by atoms with Crippen LogP contribution in [-0.4, -0.2) is 37.1 Å². The second-order valence-corrected chi connectivity index (χ2v) is 4.43. The zero-order valence-corrected chi connectivity index (χ0v) is 10.8. The summed E-state index contributed by atoms with van der Waals surface area (Å²) in [6, 6.07) is 5.72. The van der Waals surface area contributed by atoms with Gasteiger partial charge in [0, 0.05) is 12.2 Å². The minimum absolute atomic E-state index is 0.660. The normalized spacial score (nSPS) is 10.3. The van der Waals surface area contributed by atoms with Gasteiger partial charge in [0.25, 0.3) is 0 Å². The maximum absolute atomic E-state index is 8.85. The number of nitriles is 1. The van der Waals surface area contributed by atoms with Gasteiger partial charge in [0.2, 0.25) is 0 Å². The maximum atomic E-state index is 8.85. The highest BCUT2D eigenvalue weighted by Gasteiger charge is 1.99. The third kappa shape index (κ3) is 5.32. The number of unbranched alkanes of at least 4 members (excludes halogenated alkanes) is 1. The molecule has 1 N–H and O–H groups in total. The minimum atomic E-state index is 0.660. The van der Waals surface area contributed by atoms with Gasteiger partial charge in [0.15, 0.2) is 0 Å². The van der Waals surface area contributed by atoms with Crippen LogP contribution in [0.5, 0.6) is 0 Å². The molecule has 0 aliphatic rings. The van der Waals surface area contributed by atoms with Crippen molar-refractivity contribution in [2.75, 3.05) is 32.5 Å². The molecule has 1 rings (SSSR count). The smallest absolute Gasteiger partial charge is 0.127 e. The third-order valence-corrected chi connectivity index (χ3v) is 2.42. The fourth-order valence-corrected chi connectivity index (χ4v) is 1.59. The molecule has 0 aromatic carbocycles. The summed E-state index contributed by atoms with van der Waals surface area (Å²) in [6.07, 6.45) is 2.27. The highest BCUT2D eigenvalue weighted by Crippen LogP contribution is 2.09. The van der Waals surface area contributed by atoms with Crippen molar-refractivity contribution in [3.8, 4) is 6.07 Å². The van der Waals surface area contributed by atoms with Crippen LogP contribution in [0.3, 0.4) is 0 Å². The van der Waals surface area contributed by atoms with Crippen LogP contribution in [0.4, 0.5) is 5.82 Å². The van der Waals surface area contributed by atoms with E-state index in [4.69, 9.17) is 5.26 Å². The fraction of sp³-hybridized carbons (Fsp3) is 0.538. The molecule has 92 valence electrons. The molecule has 0 radical (unpaired) electrons. The Morgan fingerprint density at radius 3 is 2.76 bits per heavy atom. The number of hydrogen-bond acceptors (Lipinski definition) is 4. The van der Waals surface area contributed by atoms with Crippen LogP contribution in [0.1, 0.15) is 24.1 Å². The molecular formula is C13H20N4. The summed E-state index contributed by atoms with van der Waals surface area (Å²) < 4.78 is 0. The van der Waals surface area contributed by atoms with E-state index in [-0.39, 0.29) is 0 Å². The topological polar surface area (TPSA) is 52.0 Å². The van der Waals surface area contributed by atoms with Crippen LogP contribution < -0.4 is 5.32 Å². The highest BCUT2D eigenvalue weighted by atomic mass is 15.0. The van der Waals surface area contributed by atoms with E-state index in [9.17, 15) is 0 Å². The average Bonchev–Trinajstić information content (AvgIpc) is 2.27. The Hall–Kier alpha value is -1.60. The van der Waals surface area contributed by atoms with Gasteiger partial charge in [-0.3, -0.25) is 0 Å². The van der Waals surface area contributed by atoms with Crippen molar-refractivity contribution in [1.82, 2.24) is 9.88 Å². The lowest BCUT2D eigenvalue weighted by molar-refractivity contribution is 0.396. The lowest BCUT2D eigenvalue weighted by Crippen LogP contribution is -2.14. The molecule has 0 fully saturated rings. The Morgan fingerprint density at radius 1 is 1.35 bits per heavy atom. The molecule has 4 nitrogen and oxygen atoms in total. The first kappa shape index (κ1) is 13.5. The van der Waals surface area contributed by atoms with Crippen LogP contribution in [0.25, 0.3) is 0 Å². The van der Waals surface area contributed by atoms with E-state index in [1.807, 2.05) is 6.92 Å². The largest absolute Gasteiger partial charge is 0.370 e. The summed E-state index contributed by atoms with van der Waals surface area (Å²) >= 11 is 0. The van der Waals surface area contributed by atoms with Gasteiger partial charge in [-0.15, -0.1) is 0 Å². The lowest BCUT2D eigenvalue weighted by atomic mass is 10.2. The van der Waals surface area contributed by atoms with Gasteiger partial charge in [-0.25, -0.2) is 4.98 Å². The second-order valence-electron chi connectivity index (χ2n) is 4.43. The van der Waals surface area contributed by atoms with Crippen LogP contribution in [0, 0.1) is 18.3 Å². The van der Waals surface area contributed by atoms with E-state index in [2.05, 4.69) is 35.4 Å². The number of nitrogens with one attached hydrogen (secondary N) is 1. The predicted octanol–water partition coefficient (Wildman–Crippen LogP) is 2.02. The quantitative estimate of drug-likeness (QED) is 0.762. The molecule has 0 aliphatic heterocycles. The maximum Gasteiger partial charge on any atom is 0.127 e. The van der Waals surface area contributed by atoms with Crippen molar-refractivity contribution in [1.29, 1.82) is 5.26 Å². The molecule has 0 aliphatic carbocycles. The number of hydrogen-bond donors (Lipinski definition) is 1. The monoisotopic (exact) mass is 232 g/mol. The van der Waals surface area contributed by atoms with Crippen molar-refractivity contribution in [2.24, 2.45) is 0 Å². The van der Waals surface area contributed by atoms with Crippen molar-refractivity contribution in [3.63, 3.8) is 0 Å². The van der Waals surface area contributed by atoms with Crippen LogP contribution in [-0.2, 0) is 0 Å². The highest BCUT2D eigenvalue weighted by molar-refractivity contribution is 5.44. The summed E-state index contributed by atoms with van der Waals surface area (Å²) in [6.45, 7) is 3.90. The molecule has 0 saturated carbocycles. The number of nitrogens with zero attached hydrogens (tertiary/aromatic N) is 3. The molecule has 17 heavy (non-hydrogen) atoms. The first-order valence-corrected chi connectivity index (χ1v) is 5.89. The molecule has 1 aromatic heterocycles. The molecule has 1 heterocycles. The van der Waals surface area contributed by atoms with Crippen LogP contribution in [0.2, 0.25) is 0 Å². The van der Waals surface area contributed by atoms with Gasteiger partial charge in [0.1, 0.15) is 5.82 Å². The molecule has 0 unspecified atom stereocenters. The summed E-state index contributed by atoms with van der Waals surface area (Å²) in [5.74, 6) is 0.798. The van der Waals surface area contributed by atoms with Gasteiger partial charge in [-0.05, 0) is 52.5 Å². The zero-order chi connectivity index (χ0) is 12.7. The third-order valence-electron chi connectivity index (χ3n) is 2.42. The van der Waals surface area contributed by atoms with E-state index in [1.165, 1.54) is 0 Å². The SMILES string of the molecule is Cc1cc(C#N)cc(NCCCCN(C)C)n1. The van der Waals surface area contributed by atoms with Gasteiger partial charge in [-0.1, -0.05) is 0 Å². The van der Waals surface area contributed by atoms with E-state index >= 15 is 0 Å². The lowest BCUT2D eigenvalue weighted by Gasteiger charge is -2.10. The molecule has 0 atom stereocenters. The first-order chi connectivity index (χ1) is 8.11. The molecule has 1 aromatic rings. The van der Waals surface area contributed by atoms with Crippen molar-refractivity contribution >= 4 is 5.82 Å². The van der Waals surface area contributed by atoms with Gasteiger partial charge < -0.3 is 10.2 Å². The number of rotatable bonds is 6. The van der Waals surface area contributed by atoms with E-state index in [0.717, 1.165) is 37.4 Å². The molecule has 0 amide bonds. The Balaban J connectivity index is 2.37.